The van der Waals surface area contributed by atoms with E-state index < -0.39 is 11.6 Å². The molecule has 5 rings (SSSR count). The Morgan fingerprint density at radius 1 is 1.31 bits per heavy atom. The van der Waals surface area contributed by atoms with E-state index in [2.05, 4.69) is 25.2 Å². The van der Waals surface area contributed by atoms with E-state index in [9.17, 15) is 4.39 Å². The van der Waals surface area contributed by atoms with E-state index in [1.165, 1.54) is 6.07 Å². The Morgan fingerprint density at radius 2 is 2.19 bits per heavy atom. The molecule has 2 aromatic heterocycles. The summed E-state index contributed by atoms with van der Waals surface area (Å²) < 4.78 is 36.7. The van der Waals surface area contributed by atoms with Crippen LogP contribution in [0, 0.1) is 11.6 Å². The van der Waals surface area contributed by atoms with E-state index in [1.807, 2.05) is 23.6 Å². The molecule has 0 amide bonds. The van der Waals surface area contributed by atoms with E-state index in [0.29, 0.717) is 24.6 Å². The van der Waals surface area contributed by atoms with Crippen LogP contribution in [0.15, 0.2) is 35.5 Å². The molecule has 168 valence electrons. The van der Waals surface area contributed by atoms with Crippen LogP contribution in [0.5, 0.6) is 0 Å². The van der Waals surface area contributed by atoms with Crippen molar-refractivity contribution >= 4 is 23.2 Å². The molecule has 0 spiro atoms. The molecule has 0 aliphatic carbocycles. The predicted octanol–water partition coefficient (Wildman–Crippen LogP) is 2.93. The highest BCUT2D eigenvalue weighted by molar-refractivity contribution is 5.80. The zero-order valence-corrected chi connectivity index (χ0v) is 18.1. The smallest absolute Gasteiger partial charge is 0.207 e. The van der Waals surface area contributed by atoms with Crippen molar-refractivity contribution in [2.75, 3.05) is 38.2 Å². The molecule has 9 heteroatoms. The van der Waals surface area contributed by atoms with Gasteiger partial charge < -0.3 is 15.0 Å². The maximum atomic E-state index is 15.0. The molecule has 4 heterocycles. The average Bonchev–Trinajstić information content (AvgIpc) is 3.18. The highest BCUT2D eigenvalue weighted by Crippen LogP contribution is 2.33. The average molecular weight is 440 g/mol. The molecular weight excluding hydrogens is 414 g/mol. The first kappa shape index (κ1) is 21.0. The first-order valence-corrected chi connectivity index (χ1v) is 10.9. The number of rotatable bonds is 4. The third-order valence-electron chi connectivity index (χ3n) is 6.26. The Bertz CT molecular complexity index is 1150. The number of pyridine rings is 1. The molecule has 1 N–H and O–H groups in total. The number of nitrogens with zero attached hydrogens (tertiary/aromatic N) is 5. The van der Waals surface area contributed by atoms with Crippen LogP contribution < -0.4 is 10.2 Å². The fraction of sp³-hybridized carbons (Fsp3) is 0.435. The van der Waals surface area contributed by atoms with Crippen molar-refractivity contribution in [1.29, 1.82) is 0 Å². The van der Waals surface area contributed by atoms with Gasteiger partial charge in [-0.15, -0.1) is 0 Å². The number of aliphatic imine (C=N–C) groups is 1. The Balaban J connectivity index is 1.58. The summed E-state index contributed by atoms with van der Waals surface area (Å²) in [6, 6.07) is 5.89. The van der Waals surface area contributed by atoms with Gasteiger partial charge in [-0.05, 0) is 19.4 Å². The number of halogens is 2. The van der Waals surface area contributed by atoms with Crippen molar-refractivity contribution < 1.29 is 13.5 Å². The number of benzene rings is 1. The summed E-state index contributed by atoms with van der Waals surface area (Å²) >= 11 is 0. The Kier molecular flexibility index (Phi) is 5.60. The van der Waals surface area contributed by atoms with Crippen molar-refractivity contribution in [3.63, 3.8) is 0 Å². The topological polar surface area (TPSA) is 67.6 Å². The van der Waals surface area contributed by atoms with Gasteiger partial charge in [0.2, 0.25) is 5.95 Å². The first-order chi connectivity index (χ1) is 15.5. The molecule has 3 aromatic rings. The molecule has 1 aromatic carbocycles. The molecule has 2 fully saturated rings. The summed E-state index contributed by atoms with van der Waals surface area (Å²) in [6.07, 6.45) is 4.47. The second-order valence-electron chi connectivity index (χ2n) is 8.32. The number of anilines is 1. The molecule has 2 aliphatic rings. The number of imidazole rings is 1. The van der Waals surface area contributed by atoms with Crippen molar-refractivity contribution in [3.8, 4) is 0 Å². The summed E-state index contributed by atoms with van der Waals surface area (Å²) in [5, 5.41) is 3.51. The van der Waals surface area contributed by atoms with E-state index in [0.717, 1.165) is 36.8 Å². The van der Waals surface area contributed by atoms with Crippen molar-refractivity contribution in [2.45, 2.75) is 31.5 Å². The van der Waals surface area contributed by atoms with E-state index in [1.54, 1.807) is 19.5 Å². The van der Waals surface area contributed by atoms with Crippen LogP contribution in [-0.4, -0.2) is 66.2 Å². The summed E-state index contributed by atoms with van der Waals surface area (Å²) in [7, 11) is 1.71. The summed E-state index contributed by atoms with van der Waals surface area (Å²) in [5.74, 6) is -0.653. The molecule has 7 nitrogen and oxygen atoms in total. The fourth-order valence-electron chi connectivity index (χ4n) is 4.71. The molecule has 0 radical (unpaired) electrons. The van der Waals surface area contributed by atoms with Gasteiger partial charge in [-0.1, -0.05) is 6.07 Å². The normalized spacial score (nSPS) is 22.4. The predicted molar refractivity (Wildman–Crippen MR) is 120 cm³/mol. The molecule has 3 atom stereocenters. The van der Waals surface area contributed by atoms with Crippen LogP contribution in [0.4, 0.5) is 14.7 Å². The quantitative estimate of drug-likeness (QED) is 0.632. The van der Waals surface area contributed by atoms with Crippen LogP contribution in [0.3, 0.4) is 0 Å². The number of piperidine rings is 1. The third kappa shape index (κ3) is 3.75. The van der Waals surface area contributed by atoms with Crippen molar-refractivity contribution in [1.82, 2.24) is 19.9 Å². The largest absolute Gasteiger partial charge is 0.375 e. The number of morpholine rings is 1. The first-order valence-electron chi connectivity index (χ1n) is 10.9. The van der Waals surface area contributed by atoms with Gasteiger partial charge in [0, 0.05) is 56.8 Å². The van der Waals surface area contributed by atoms with Gasteiger partial charge in [-0.2, -0.15) is 0 Å². The van der Waals surface area contributed by atoms with Gasteiger partial charge in [0.1, 0.15) is 11.3 Å². The SMILES string of the molecule is C/N=C/c1ccc([C@H](C)n2c(N3CC[C@@H]4OCCN[C@H]4C3)nc3cc(F)cc(F)c32)nc1. The van der Waals surface area contributed by atoms with Gasteiger partial charge in [0.15, 0.2) is 5.82 Å². The molecule has 2 saturated heterocycles. The minimum Gasteiger partial charge on any atom is -0.375 e. The maximum Gasteiger partial charge on any atom is 0.207 e. The fourth-order valence-corrected chi connectivity index (χ4v) is 4.71. The molecule has 0 saturated carbocycles. The van der Waals surface area contributed by atoms with Gasteiger partial charge >= 0.3 is 0 Å². The zero-order valence-electron chi connectivity index (χ0n) is 18.1. The summed E-state index contributed by atoms with van der Waals surface area (Å²) in [5.41, 5.74) is 2.23. The highest BCUT2D eigenvalue weighted by atomic mass is 19.1. The Hall–Kier alpha value is -2.91. The lowest BCUT2D eigenvalue weighted by atomic mass is 10.0. The zero-order chi connectivity index (χ0) is 22.2. The van der Waals surface area contributed by atoms with Gasteiger partial charge in [0.25, 0.3) is 0 Å². The Labute approximate surface area is 185 Å². The van der Waals surface area contributed by atoms with Crippen LogP contribution in [0.1, 0.15) is 30.6 Å². The van der Waals surface area contributed by atoms with Crippen LogP contribution >= 0.6 is 0 Å². The van der Waals surface area contributed by atoms with Gasteiger partial charge in [0.05, 0.1) is 36.0 Å². The molecule has 0 unspecified atom stereocenters. The van der Waals surface area contributed by atoms with E-state index in [-0.39, 0.29) is 23.7 Å². The lowest BCUT2D eigenvalue weighted by Gasteiger charge is -2.42. The second-order valence-corrected chi connectivity index (χ2v) is 8.32. The number of aromatic nitrogens is 3. The lowest BCUT2D eigenvalue weighted by molar-refractivity contribution is -0.0137. The second kappa shape index (κ2) is 8.55. The molecular formula is C23H26F2N6O. The molecule has 2 aliphatic heterocycles. The standard InChI is InChI=1S/C23H26F2N6O/c1-14(18-4-3-15(11-26-2)12-28-18)31-22-17(25)9-16(24)10-19(22)29-23(31)30-7-5-21-20(13-30)27-6-8-32-21/h3-4,9-12,14,20-21,27H,5-8,13H2,1-2H3/b26-11+/t14-,20-,21-/m0/s1. The molecule has 0 bridgehead atoms. The summed E-state index contributed by atoms with van der Waals surface area (Å²) in [4.78, 5) is 15.4. The number of nitrogens with one attached hydrogen (secondary N) is 1. The lowest BCUT2D eigenvalue weighted by Crippen LogP contribution is -2.58. The molecule has 32 heavy (non-hydrogen) atoms. The number of ether oxygens (including phenoxy) is 1. The minimum atomic E-state index is -0.638. The van der Waals surface area contributed by atoms with Gasteiger partial charge in [-0.3, -0.25) is 14.5 Å². The number of hydrogen-bond acceptors (Lipinski definition) is 6. The maximum absolute atomic E-state index is 15.0. The third-order valence-corrected chi connectivity index (χ3v) is 6.26. The highest BCUT2D eigenvalue weighted by Gasteiger charge is 2.35. The number of fused-ring (bicyclic) bond motifs is 2. The Morgan fingerprint density at radius 3 is 2.97 bits per heavy atom. The number of hydrogen-bond donors (Lipinski definition) is 1. The van der Waals surface area contributed by atoms with Crippen LogP contribution in [-0.2, 0) is 4.74 Å². The summed E-state index contributed by atoms with van der Waals surface area (Å²) in [6.45, 7) is 4.88. The van der Waals surface area contributed by atoms with Crippen molar-refractivity contribution in [2.24, 2.45) is 4.99 Å². The van der Waals surface area contributed by atoms with Crippen LogP contribution in [0.25, 0.3) is 11.0 Å². The van der Waals surface area contributed by atoms with Crippen molar-refractivity contribution in [3.05, 3.63) is 53.4 Å². The monoisotopic (exact) mass is 440 g/mol. The van der Waals surface area contributed by atoms with Gasteiger partial charge in [-0.25, -0.2) is 13.8 Å². The van der Waals surface area contributed by atoms with E-state index >= 15 is 4.39 Å². The minimum absolute atomic E-state index is 0.166. The van der Waals surface area contributed by atoms with E-state index in [4.69, 9.17) is 4.74 Å². The van der Waals surface area contributed by atoms with Crippen LogP contribution in [0.2, 0.25) is 0 Å².